The van der Waals surface area contributed by atoms with Crippen LogP contribution in [-0.4, -0.2) is 69.0 Å². The maximum Gasteiger partial charge on any atom is 0.254 e. The number of carbonyl (C=O) groups excluding carboxylic acids is 2. The smallest absolute Gasteiger partial charge is 0.254 e. The van der Waals surface area contributed by atoms with Crippen LogP contribution in [0.1, 0.15) is 28.9 Å². The molecule has 2 amide bonds. The Morgan fingerprint density at radius 2 is 1.87 bits per heavy atom. The number of anilines is 1. The van der Waals surface area contributed by atoms with Gasteiger partial charge < -0.3 is 15.1 Å². The van der Waals surface area contributed by atoms with Crippen molar-refractivity contribution in [1.82, 2.24) is 29.8 Å². The molecule has 0 atom stereocenters. The molecule has 10 heteroatoms. The van der Waals surface area contributed by atoms with Crippen LogP contribution >= 0.6 is 11.6 Å². The Morgan fingerprint density at radius 1 is 1.13 bits per heavy atom. The first-order chi connectivity index (χ1) is 15.0. The molecule has 1 aliphatic heterocycles. The van der Waals surface area contributed by atoms with Crippen molar-refractivity contribution in [2.24, 2.45) is 0 Å². The van der Waals surface area contributed by atoms with Crippen LogP contribution < -0.4 is 10.2 Å². The first-order valence-corrected chi connectivity index (χ1v) is 10.6. The van der Waals surface area contributed by atoms with Crippen LogP contribution in [0.3, 0.4) is 0 Å². The maximum absolute atomic E-state index is 12.6. The zero-order valence-corrected chi connectivity index (χ0v) is 18.0. The Bertz CT molecular complexity index is 1080. The van der Waals surface area contributed by atoms with Crippen LogP contribution in [0.5, 0.6) is 0 Å². The fourth-order valence-electron chi connectivity index (χ4n) is 3.62. The summed E-state index contributed by atoms with van der Waals surface area (Å²) in [6.07, 6.45) is 2.50. The number of nitrogens with one attached hydrogen (secondary N) is 1. The maximum atomic E-state index is 12.6. The average molecular weight is 442 g/mol. The number of hydrogen-bond donors (Lipinski definition) is 1. The molecular weight excluding hydrogens is 418 g/mol. The average Bonchev–Trinajstić information content (AvgIpc) is 3.25. The second-order valence-corrected chi connectivity index (χ2v) is 7.90. The van der Waals surface area contributed by atoms with Gasteiger partial charge in [-0.2, -0.15) is 14.6 Å². The Labute approximate surface area is 185 Å². The third-order valence-corrected chi connectivity index (χ3v) is 5.53. The Kier molecular flexibility index (Phi) is 6.31. The number of piperazine rings is 1. The van der Waals surface area contributed by atoms with Crippen LogP contribution in [0.25, 0.3) is 5.78 Å². The SMILES string of the molecule is Cc1cc(N2CCN(C(=O)CCCNC(=O)c3ccc(Cl)cc3)CC2)n2ncnc2n1. The van der Waals surface area contributed by atoms with E-state index < -0.39 is 0 Å². The highest BCUT2D eigenvalue weighted by Crippen LogP contribution is 2.18. The van der Waals surface area contributed by atoms with Gasteiger partial charge in [0.2, 0.25) is 5.91 Å². The summed E-state index contributed by atoms with van der Waals surface area (Å²) in [5.41, 5.74) is 1.44. The number of benzene rings is 1. The highest BCUT2D eigenvalue weighted by Gasteiger charge is 2.23. The van der Waals surface area contributed by atoms with Crippen LogP contribution in [0.4, 0.5) is 5.82 Å². The van der Waals surface area contributed by atoms with E-state index in [2.05, 4.69) is 25.3 Å². The normalized spacial score (nSPS) is 14.1. The number of hydrogen-bond acceptors (Lipinski definition) is 6. The van der Waals surface area contributed by atoms with Crippen molar-refractivity contribution >= 4 is 35.0 Å². The second-order valence-electron chi connectivity index (χ2n) is 7.46. The Hall–Kier alpha value is -3.20. The molecule has 1 aromatic carbocycles. The number of fused-ring (bicyclic) bond motifs is 1. The summed E-state index contributed by atoms with van der Waals surface area (Å²) in [5, 5.41) is 7.69. The van der Waals surface area contributed by atoms with E-state index in [4.69, 9.17) is 11.6 Å². The lowest BCUT2D eigenvalue weighted by atomic mass is 10.2. The summed E-state index contributed by atoms with van der Waals surface area (Å²) in [6, 6.07) is 8.71. The van der Waals surface area contributed by atoms with Gasteiger partial charge in [-0.3, -0.25) is 9.59 Å². The number of aryl methyl sites for hydroxylation is 1. The van der Waals surface area contributed by atoms with Crippen LogP contribution in [0, 0.1) is 6.92 Å². The molecule has 162 valence electrons. The summed E-state index contributed by atoms with van der Waals surface area (Å²) in [4.78, 5) is 37.3. The molecule has 3 aromatic rings. The molecule has 0 spiro atoms. The molecule has 1 aliphatic rings. The number of carbonyl (C=O) groups is 2. The molecule has 0 aliphatic carbocycles. The second kappa shape index (κ2) is 9.30. The third kappa shape index (κ3) is 4.93. The summed E-state index contributed by atoms with van der Waals surface area (Å²) in [6.45, 7) is 5.12. The van der Waals surface area contributed by atoms with Gasteiger partial charge in [0, 0.05) is 61.5 Å². The van der Waals surface area contributed by atoms with E-state index in [-0.39, 0.29) is 11.8 Å². The highest BCUT2D eigenvalue weighted by atomic mass is 35.5. The topological polar surface area (TPSA) is 95.7 Å². The molecular formula is C21H24ClN7O2. The fraction of sp³-hybridized carbons (Fsp3) is 0.381. The van der Waals surface area contributed by atoms with Crippen LogP contribution in [0.2, 0.25) is 5.02 Å². The largest absolute Gasteiger partial charge is 0.353 e. The zero-order valence-electron chi connectivity index (χ0n) is 17.3. The lowest BCUT2D eigenvalue weighted by molar-refractivity contribution is -0.131. The molecule has 1 saturated heterocycles. The van der Waals surface area contributed by atoms with E-state index in [1.807, 2.05) is 17.9 Å². The van der Waals surface area contributed by atoms with Crippen molar-refractivity contribution in [3.63, 3.8) is 0 Å². The lowest BCUT2D eigenvalue weighted by Crippen LogP contribution is -2.49. The van der Waals surface area contributed by atoms with E-state index >= 15 is 0 Å². The predicted molar refractivity (Wildman–Crippen MR) is 117 cm³/mol. The van der Waals surface area contributed by atoms with E-state index in [9.17, 15) is 9.59 Å². The van der Waals surface area contributed by atoms with Crippen LogP contribution in [-0.2, 0) is 4.79 Å². The van der Waals surface area contributed by atoms with Gasteiger partial charge in [0.25, 0.3) is 11.7 Å². The van der Waals surface area contributed by atoms with E-state index in [0.717, 1.165) is 24.6 Å². The Morgan fingerprint density at radius 3 is 2.61 bits per heavy atom. The minimum absolute atomic E-state index is 0.109. The summed E-state index contributed by atoms with van der Waals surface area (Å²) in [5.74, 6) is 1.47. The highest BCUT2D eigenvalue weighted by molar-refractivity contribution is 6.30. The van der Waals surface area contributed by atoms with Crippen molar-refractivity contribution in [2.75, 3.05) is 37.6 Å². The number of nitrogens with zero attached hydrogens (tertiary/aromatic N) is 6. The third-order valence-electron chi connectivity index (χ3n) is 5.28. The van der Waals surface area contributed by atoms with Crippen molar-refractivity contribution in [2.45, 2.75) is 19.8 Å². The predicted octanol–water partition coefficient (Wildman–Crippen LogP) is 1.94. The van der Waals surface area contributed by atoms with Gasteiger partial charge in [0.05, 0.1) is 0 Å². The van der Waals surface area contributed by atoms with Gasteiger partial charge in [-0.05, 0) is 37.6 Å². The molecule has 4 rings (SSSR count). The van der Waals surface area contributed by atoms with Gasteiger partial charge >= 0.3 is 0 Å². The summed E-state index contributed by atoms with van der Waals surface area (Å²) in [7, 11) is 0. The van der Waals surface area contributed by atoms with Crippen LogP contribution in [0.15, 0.2) is 36.7 Å². The van der Waals surface area contributed by atoms with Gasteiger partial charge in [0.15, 0.2) is 0 Å². The van der Waals surface area contributed by atoms with Gasteiger partial charge in [-0.25, -0.2) is 4.98 Å². The fourth-order valence-corrected chi connectivity index (χ4v) is 3.75. The van der Waals surface area contributed by atoms with Gasteiger partial charge in [-0.1, -0.05) is 11.6 Å². The van der Waals surface area contributed by atoms with Crippen molar-refractivity contribution in [3.05, 3.63) is 52.9 Å². The van der Waals surface area contributed by atoms with Gasteiger partial charge in [0.1, 0.15) is 12.1 Å². The quantitative estimate of drug-likeness (QED) is 0.587. The molecule has 1 N–H and O–H groups in total. The lowest BCUT2D eigenvalue weighted by Gasteiger charge is -2.36. The minimum atomic E-state index is -0.162. The summed E-state index contributed by atoms with van der Waals surface area (Å²) < 4.78 is 1.73. The Balaban J connectivity index is 1.23. The van der Waals surface area contributed by atoms with E-state index in [0.29, 0.717) is 48.8 Å². The first-order valence-electron chi connectivity index (χ1n) is 10.2. The molecule has 0 unspecified atom stereocenters. The minimum Gasteiger partial charge on any atom is -0.353 e. The van der Waals surface area contributed by atoms with Gasteiger partial charge in [-0.15, -0.1) is 0 Å². The van der Waals surface area contributed by atoms with E-state index in [1.54, 1.807) is 28.8 Å². The molecule has 3 heterocycles. The molecule has 0 saturated carbocycles. The standard InChI is InChI=1S/C21H24ClN7O2/c1-15-13-18(29-21(26-15)24-14-25-29)27-9-11-28(12-10-27)19(30)3-2-8-23-20(31)16-4-6-17(22)7-5-16/h4-7,13-14H,2-3,8-12H2,1H3,(H,23,31). The molecule has 0 radical (unpaired) electrons. The van der Waals surface area contributed by atoms with Crippen molar-refractivity contribution in [3.8, 4) is 0 Å². The number of amides is 2. The number of aromatic nitrogens is 4. The molecule has 0 bridgehead atoms. The number of halogens is 1. The summed E-state index contributed by atoms with van der Waals surface area (Å²) >= 11 is 5.84. The molecule has 2 aromatic heterocycles. The van der Waals surface area contributed by atoms with Crippen molar-refractivity contribution in [1.29, 1.82) is 0 Å². The first kappa shape index (κ1) is 21.0. The monoisotopic (exact) mass is 441 g/mol. The zero-order chi connectivity index (χ0) is 21.8. The molecule has 9 nitrogen and oxygen atoms in total. The number of rotatable bonds is 6. The van der Waals surface area contributed by atoms with E-state index in [1.165, 1.54) is 6.33 Å². The molecule has 31 heavy (non-hydrogen) atoms. The molecule has 1 fully saturated rings. The van der Waals surface area contributed by atoms with Crippen molar-refractivity contribution < 1.29 is 9.59 Å².